The molecule has 15 heavy (non-hydrogen) atoms. The summed E-state index contributed by atoms with van der Waals surface area (Å²) in [6.45, 7) is 0. The topological polar surface area (TPSA) is 52.5 Å². The first kappa shape index (κ1) is 12.1. The van der Waals surface area contributed by atoms with Gasteiger partial charge in [0.25, 0.3) is 0 Å². The molecule has 3 N–H and O–H groups in total. The summed E-state index contributed by atoms with van der Waals surface area (Å²) in [5, 5.41) is 22.2. The molecule has 1 aliphatic carbocycles. The van der Waals surface area contributed by atoms with E-state index < -0.39 is 0 Å². The maximum Gasteiger partial charge on any atom is 0.160 e. The molecule has 0 bridgehead atoms. The normalized spacial score (nSPS) is 19.1. The van der Waals surface area contributed by atoms with Crippen molar-refractivity contribution in [3.8, 4) is 11.5 Å². The van der Waals surface area contributed by atoms with Crippen LogP contribution in [-0.2, 0) is 12.8 Å². The third kappa shape index (κ3) is 2.19. The summed E-state index contributed by atoms with van der Waals surface area (Å²) in [6.07, 6.45) is 2.78. The molecule has 0 spiro atoms. The third-order valence-electron chi connectivity index (χ3n) is 2.98. The van der Waals surface area contributed by atoms with Gasteiger partial charge in [0, 0.05) is 11.6 Å². The number of hydrogen-bond donors (Lipinski definition) is 3. The quantitative estimate of drug-likeness (QED) is 0.642. The molecule has 2 rings (SSSR count). The van der Waals surface area contributed by atoms with E-state index in [-0.39, 0.29) is 23.9 Å². The summed E-state index contributed by atoms with van der Waals surface area (Å²) in [5.74, 6) is 0.0590. The Morgan fingerprint density at radius 2 is 2.07 bits per heavy atom. The molecule has 0 radical (unpaired) electrons. The molecule has 0 saturated heterocycles. The molecule has 0 amide bonds. The van der Waals surface area contributed by atoms with Crippen molar-refractivity contribution in [1.29, 1.82) is 0 Å². The SMILES string of the molecule is CN[C@H]1CCc2c(ccc(O)c2O)C1.Cl. The second-order valence-electron chi connectivity index (χ2n) is 3.80. The van der Waals surface area contributed by atoms with Gasteiger partial charge in [0.15, 0.2) is 11.5 Å². The Balaban J connectivity index is 0.00000112. The van der Waals surface area contributed by atoms with E-state index >= 15 is 0 Å². The zero-order valence-electron chi connectivity index (χ0n) is 8.66. The largest absolute Gasteiger partial charge is 0.504 e. The Kier molecular flexibility index (Phi) is 3.83. The van der Waals surface area contributed by atoms with Gasteiger partial charge in [-0.1, -0.05) is 6.07 Å². The highest BCUT2D eigenvalue weighted by molar-refractivity contribution is 5.85. The average Bonchev–Trinajstić information content (AvgIpc) is 2.23. The molecule has 1 aromatic carbocycles. The van der Waals surface area contributed by atoms with Gasteiger partial charge in [0.2, 0.25) is 0 Å². The number of benzene rings is 1. The molecule has 0 aromatic heterocycles. The maximum absolute atomic E-state index is 9.63. The van der Waals surface area contributed by atoms with Crippen LogP contribution in [0.4, 0.5) is 0 Å². The van der Waals surface area contributed by atoms with Gasteiger partial charge in [-0.3, -0.25) is 0 Å². The van der Waals surface area contributed by atoms with E-state index in [0.29, 0.717) is 6.04 Å². The van der Waals surface area contributed by atoms with Crippen molar-refractivity contribution in [1.82, 2.24) is 5.32 Å². The van der Waals surface area contributed by atoms with Crippen LogP contribution in [0, 0.1) is 0 Å². The number of phenols is 2. The van der Waals surface area contributed by atoms with Gasteiger partial charge in [-0.05, 0) is 37.9 Å². The zero-order chi connectivity index (χ0) is 10.1. The van der Waals surface area contributed by atoms with Gasteiger partial charge >= 0.3 is 0 Å². The lowest BCUT2D eigenvalue weighted by Gasteiger charge is -2.24. The summed E-state index contributed by atoms with van der Waals surface area (Å²) in [4.78, 5) is 0. The first-order valence-corrected chi connectivity index (χ1v) is 4.92. The summed E-state index contributed by atoms with van der Waals surface area (Å²) in [6, 6.07) is 3.95. The molecular formula is C11H16ClNO2. The highest BCUT2D eigenvalue weighted by Gasteiger charge is 2.20. The molecule has 0 saturated carbocycles. The van der Waals surface area contributed by atoms with E-state index in [1.807, 2.05) is 13.1 Å². The van der Waals surface area contributed by atoms with Crippen LogP contribution in [0.1, 0.15) is 17.5 Å². The second kappa shape index (κ2) is 4.73. The van der Waals surface area contributed by atoms with E-state index in [1.165, 1.54) is 0 Å². The number of rotatable bonds is 1. The van der Waals surface area contributed by atoms with E-state index in [1.54, 1.807) is 6.07 Å². The minimum absolute atomic E-state index is 0. The minimum Gasteiger partial charge on any atom is -0.504 e. The van der Waals surface area contributed by atoms with E-state index in [9.17, 15) is 10.2 Å². The summed E-state index contributed by atoms with van der Waals surface area (Å²) in [5.41, 5.74) is 2.06. The smallest absolute Gasteiger partial charge is 0.160 e. The number of phenolic OH excluding ortho intramolecular Hbond substituents is 2. The van der Waals surface area contributed by atoms with Crippen molar-refractivity contribution in [2.45, 2.75) is 25.3 Å². The van der Waals surface area contributed by atoms with Crippen LogP contribution in [0.15, 0.2) is 12.1 Å². The van der Waals surface area contributed by atoms with Crippen LogP contribution in [0.25, 0.3) is 0 Å². The van der Waals surface area contributed by atoms with Crippen LogP contribution < -0.4 is 5.32 Å². The highest BCUT2D eigenvalue weighted by atomic mass is 35.5. The van der Waals surface area contributed by atoms with Gasteiger partial charge in [-0.15, -0.1) is 12.4 Å². The molecule has 0 fully saturated rings. The first-order chi connectivity index (χ1) is 6.72. The number of hydrogen-bond acceptors (Lipinski definition) is 3. The fourth-order valence-electron chi connectivity index (χ4n) is 2.07. The third-order valence-corrected chi connectivity index (χ3v) is 2.98. The van der Waals surface area contributed by atoms with Crippen LogP contribution in [0.5, 0.6) is 11.5 Å². The predicted molar refractivity (Wildman–Crippen MR) is 61.9 cm³/mol. The lowest BCUT2D eigenvalue weighted by molar-refractivity contribution is 0.391. The molecule has 1 aromatic rings. The Morgan fingerprint density at radius 3 is 2.73 bits per heavy atom. The van der Waals surface area contributed by atoms with Crippen LogP contribution in [-0.4, -0.2) is 23.3 Å². The maximum atomic E-state index is 9.63. The number of likely N-dealkylation sites (N-methyl/N-ethyl adjacent to an activating group) is 1. The summed E-state index contributed by atoms with van der Waals surface area (Å²) >= 11 is 0. The molecule has 84 valence electrons. The standard InChI is InChI=1S/C11H15NO2.ClH/c1-12-8-3-4-9-7(6-8)2-5-10(13)11(9)14;/h2,5,8,12-14H,3-4,6H2,1H3;1H/t8-;/m0./s1. The van der Waals surface area contributed by atoms with Crippen molar-refractivity contribution in [3.05, 3.63) is 23.3 Å². The first-order valence-electron chi connectivity index (χ1n) is 4.92. The number of fused-ring (bicyclic) bond motifs is 1. The number of nitrogens with one attached hydrogen (secondary N) is 1. The molecular weight excluding hydrogens is 214 g/mol. The predicted octanol–water partition coefficient (Wildman–Crippen LogP) is 1.60. The minimum atomic E-state index is -0.00772. The Hall–Kier alpha value is -0.930. The fraction of sp³-hybridized carbons (Fsp3) is 0.455. The van der Waals surface area contributed by atoms with Crippen molar-refractivity contribution in [2.24, 2.45) is 0 Å². The molecule has 4 heteroatoms. The molecule has 0 heterocycles. The Labute approximate surface area is 95.5 Å². The molecule has 3 nitrogen and oxygen atoms in total. The molecule has 0 aliphatic heterocycles. The zero-order valence-corrected chi connectivity index (χ0v) is 9.47. The van der Waals surface area contributed by atoms with E-state index in [4.69, 9.17) is 0 Å². The second-order valence-corrected chi connectivity index (χ2v) is 3.80. The summed E-state index contributed by atoms with van der Waals surface area (Å²) in [7, 11) is 1.95. The van der Waals surface area contributed by atoms with Crippen molar-refractivity contribution >= 4 is 12.4 Å². The average molecular weight is 230 g/mol. The van der Waals surface area contributed by atoms with E-state index in [0.717, 1.165) is 30.4 Å². The van der Waals surface area contributed by atoms with Gasteiger partial charge in [0.1, 0.15) is 0 Å². The van der Waals surface area contributed by atoms with Crippen molar-refractivity contribution in [3.63, 3.8) is 0 Å². The van der Waals surface area contributed by atoms with Crippen LogP contribution in [0.3, 0.4) is 0 Å². The fourth-order valence-corrected chi connectivity index (χ4v) is 2.07. The molecule has 1 aliphatic rings. The van der Waals surface area contributed by atoms with Crippen molar-refractivity contribution < 1.29 is 10.2 Å². The Bertz CT molecular complexity index is 355. The van der Waals surface area contributed by atoms with Crippen LogP contribution in [0.2, 0.25) is 0 Å². The van der Waals surface area contributed by atoms with Gasteiger partial charge in [-0.25, -0.2) is 0 Å². The van der Waals surface area contributed by atoms with Crippen LogP contribution >= 0.6 is 12.4 Å². The van der Waals surface area contributed by atoms with Gasteiger partial charge < -0.3 is 15.5 Å². The number of halogens is 1. The monoisotopic (exact) mass is 229 g/mol. The van der Waals surface area contributed by atoms with Crippen molar-refractivity contribution in [2.75, 3.05) is 7.05 Å². The number of aromatic hydroxyl groups is 2. The summed E-state index contributed by atoms with van der Waals surface area (Å²) < 4.78 is 0. The van der Waals surface area contributed by atoms with E-state index in [2.05, 4.69) is 5.32 Å². The lowest BCUT2D eigenvalue weighted by Crippen LogP contribution is -2.31. The van der Waals surface area contributed by atoms with Gasteiger partial charge in [0.05, 0.1) is 0 Å². The molecule has 0 unspecified atom stereocenters. The Morgan fingerprint density at radius 1 is 1.33 bits per heavy atom. The highest BCUT2D eigenvalue weighted by Crippen LogP contribution is 2.35. The molecule has 1 atom stereocenters. The lowest BCUT2D eigenvalue weighted by atomic mass is 9.87. The van der Waals surface area contributed by atoms with Gasteiger partial charge in [-0.2, -0.15) is 0 Å².